The number of nitrogens with two attached hydrogens (primary N) is 1. The lowest BCUT2D eigenvalue weighted by Crippen LogP contribution is -2.30. The molecule has 0 amide bonds. The number of halogens is 2. The summed E-state index contributed by atoms with van der Waals surface area (Å²) in [6.45, 7) is -0.616. The maximum atomic E-state index is 12.7. The highest BCUT2D eigenvalue weighted by Gasteiger charge is 2.26. The van der Waals surface area contributed by atoms with Crippen LogP contribution in [0.1, 0.15) is 5.56 Å². The number of aromatic nitrogens is 1. The van der Waals surface area contributed by atoms with Gasteiger partial charge in [0.05, 0.1) is 6.54 Å². The van der Waals surface area contributed by atoms with Crippen LogP contribution in [0.4, 0.5) is 8.78 Å². The van der Waals surface area contributed by atoms with Crippen molar-refractivity contribution in [3.05, 3.63) is 30.1 Å². The fourth-order valence-corrected chi connectivity index (χ4v) is 0.871. The Kier molecular flexibility index (Phi) is 2.70. The van der Waals surface area contributed by atoms with Gasteiger partial charge in [0.25, 0.3) is 5.92 Å². The summed E-state index contributed by atoms with van der Waals surface area (Å²) >= 11 is 0. The van der Waals surface area contributed by atoms with Crippen LogP contribution in [0.2, 0.25) is 0 Å². The van der Waals surface area contributed by atoms with Crippen LogP contribution in [0.15, 0.2) is 24.5 Å². The molecule has 4 heteroatoms. The average Bonchev–Trinajstić information content (AvgIpc) is 2.06. The smallest absolute Gasteiger partial charge is 0.264 e. The van der Waals surface area contributed by atoms with E-state index in [1.165, 1.54) is 12.4 Å². The highest BCUT2D eigenvalue weighted by atomic mass is 19.3. The number of nitrogens with zero attached hydrogens (tertiary/aromatic N) is 1. The van der Waals surface area contributed by atoms with Gasteiger partial charge in [0.2, 0.25) is 0 Å². The van der Waals surface area contributed by atoms with Crippen molar-refractivity contribution >= 4 is 0 Å². The van der Waals surface area contributed by atoms with Crippen LogP contribution in [0.25, 0.3) is 0 Å². The van der Waals surface area contributed by atoms with Gasteiger partial charge in [-0.15, -0.1) is 0 Å². The first-order valence-corrected chi connectivity index (χ1v) is 3.61. The second-order valence-corrected chi connectivity index (χ2v) is 2.59. The van der Waals surface area contributed by atoms with Crippen molar-refractivity contribution in [2.45, 2.75) is 12.3 Å². The van der Waals surface area contributed by atoms with Crippen LogP contribution < -0.4 is 5.73 Å². The third kappa shape index (κ3) is 2.54. The minimum Gasteiger partial charge on any atom is -0.325 e. The standard InChI is InChI=1S/C8H10F2N2/c9-8(10,6-11)5-7-1-3-12-4-2-7/h1-4H,5-6,11H2. The summed E-state index contributed by atoms with van der Waals surface area (Å²) in [7, 11) is 0. The normalized spacial score (nSPS) is 11.6. The van der Waals surface area contributed by atoms with Gasteiger partial charge in [0.1, 0.15) is 0 Å². The van der Waals surface area contributed by atoms with Crippen LogP contribution in [0.5, 0.6) is 0 Å². The topological polar surface area (TPSA) is 38.9 Å². The maximum absolute atomic E-state index is 12.7. The van der Waals surface area contributed by atoms with Crippen molar-refractivity contribution in [3.8, 4) is 0 Å². The molecule has 0 saturated carbocycles. The number of hydrogen-bond acceptors (Lipinski definition) is 2. The molecule has 0 saturated heterocycles. The third-order valence-electron chi connectivity index (χ3n) is 1.51. The molecule has 0 aliphatic rings. The fourth-order valence-electron chi connectivity index (χ4n) is 0.871. The molecule has 0 atom stereocenters. The van der Waals surface area contributed by atoms with Gasteiger partial charge in [-0.3, -0.25) is 4.98 Å². The fraction of sp³-hybridized carbons (Fsp3) is 0.375. The maximum Gasteiger partial charge on any atom is 0.264 e. The molecule has 1 rings (SSSR count). The van der Waals surface area contributed by atoms with E-state index < -0.39 is 12.5 Å². The summed E-state index contributed by atoms with van der Waals surface area (Å²) in [5.74, 6) is -2.80. The Morgan fingerprint density at radius 2 is 1.92 bits per heavy atom. The Morgan fingerprint density at radius 1 is 1.33 bits per heavy atom. The lowest BCUT2D eigenvalue weighted by Gasteiger charge is -2.12. The first kappa shape index (κ1) is 9.06. The second-order valence-electron chi connectivity index (χ2n) is 2.59. The quantitative estimate of drug-likeness (QED) is 0.744. The van der Waals surface area contributed by atoms with Gasteiger partial charge >= 0.3 is 0 Å². The summed E-state index contributed by atoms with van der Waals surface area (Å²) in [5.41, 5.74) is 5.44. The Morgan fingerprint density at radius 3 is 2.42 bits per heavy atom. The number of hydrogen-bond donors (Lipinski definition) is 1. The number of pyridine rings is 1. The molecule has 0 aromatic carbocycles. The van der Waals surface area contributed by atoms with Crippen molar-refractivity contribution in [1.82, 2.24) is 4.98 Å². The zero-order valence-electron chi connectivity index (χ0n) is 6.50. The van der Waals surface area contributed by atoms with Crippen LogP contribution in [0, 0.1) is 0 Å². The summed E-state index contributed by atoms with van der Waals surface area (Å²) in [4.78, 5) is 3.73. The summed E-state index contributed by atoms with van der Waals surface area (Å²) in [6.07, 6.45) is 2.66. The van der Waals surface area contributed by atoms with Crippen LogP contribution in [-0.4, -0.2) is 17.5 Å². The van der Waals surface area contributed by atoms with E-state index >= 15 is 0 Å². The highest BCUT2D eigenvalue weighted by molar-refractivity contribution is 5.11. The van der Waals surface area contributed by atoms with E-state index in [-0.39, 0.29) is 6.42 Å². The molecule has 1 aromatic heterocycles. The van der Waals surface area contributed by atoms with E-state index in [4.69, 9.17) is 5.73 Å². The van der Waals surface area contributed by atoms with E-state index in [2.05, 4.69) is 4.98 Å². The van der Waals surface area contributed by atoms with Crippen molar-refractivity contribution in [3.63, 3.8) is 0 Å². The molecule has 0 unspecified atom stereocenters. The Hall–Kier alpha value is -1.03. The molecule has 0 aliphatic heterocycles. The number of rotatable bonds is 3. The Balaban J connectivity index is 2.64. The highest BCUT2D eigenvalue weighted by Crippen LogP contribution is 2.17. The van der Waals surface area contributed by atoms with Crippen molar-refractivity contribution in [1.29, 1.82) is 0 Å². The van der Waals surface area contributed by atoms with E-state index in [1.54, 1.807) is 12.1 Å². The van der Waals surface area contributed by atoms with Gasteiger partial charge in [0.15, 0.2) is 0 Å². The zero-order valence-corrected chi connectivity index (χ0v) is 6.50. The minimum atomic E-state index is -2.80. The molecule has 0 spiro atoms. The molecular weight excluding hydrogens is 162 g/mol. The van der Waals surface area contributed by atoms with Gasteiger partial charge in [-0.2, -0.15) is 0 Å². The first-order chi connectivity index (χ1) is 5.64. The van der Waals surface area contributed by atoms with Crippen molar-refractivity contribution in [2.75, 3.05) is 6.54 Å². The average molecular weight is 172 g/mol. The molecule has 1 heterocycles. The van der Waals surface area contributed by atoms with Crippen LogP contribution >= 0.6 is 0 Å². The summed E-state index contributed by atoms with van der Waals surface area (Å²) in [6, 6.07) is 3.12. The van der Waals surface area contributed by atoms with Crippen molar-refractivity contribution < 1.29 is 8.78 Å². The molecule has 0 bridgehead atoms. The summed E-state index contributed by atoms with van der Waals surface area (Å²) < 4.78 is 25.4. The number of alkyl halides is 2. The van der Waals surface area contributed by atoms with Crippen LogP contribution in [-0.2, 0) is 6.42 Å². The lowest BCUT2D eigenvalue weighted by molar-refractivity contribution is 0.0115. The largest absolute Gasteiger partial charge is 0.325 e. The SMILES string of the molecule is NCC(F)(F)Cc1ccncc1. The van der Waals surface area contributed by atoms with E-state index in [0.717, 1.165) is 0 Å². The van der Waals surface area contributed by atoms with Gasteiger partial charge < -0.3 is 5.73 Å². The van der Waals surface area contributed by atoms with Gasteiger partial charge in [-0.05, 0) is 17.7 Å². The molecule has 2 nitrogen and oxygen atoms in total. The molecule has 0 radical (unpaired) electrons. The van der Waals surface area contributed by atoms with Crippen molar-refractivity contribution in [2.24, 2.45) is 5.73 Å². The molecule has 1 aromatic rings. The molecule has 0 aliphatic carbocycles. The van der Waals surface area contributed by atoms with E-state index in [1.807, 2.05) is 0 Å². The molecule has 0 fully saturated rings. The molecule has 12 heavy (non-hydrogen) atoms. The monoisotopic (exact) mass is 172 g/mol. The second kappa shape index (κ2) is 3.58. The van der Waals surface area contributed by atoms with Gasteiger partial charge in [-0.25, -0.2) is 8.78 Å². The lowest BCUT2D eigenvalue weighted by atomic mass is 10.1. The summed E-state index contributed by atoms with van der Waals surface area (Å²) in [5, 5.41) is 0. The molecule has 2 N–H and O–H groups in total. The van der Waals surface area contributed by atoms with Gasteiger partial charge in [0, 0.05) is 18.8 Å². The zero-order chi connectivity index (χ0) is 9.03. The van der Waals surface area contributed by atoms with Gasteiger partial charge in [-0.1, -0.05) is 0 Å². The van der Waals surface area contributed by atoms with E-state index in [0.29, 0.717) is 5.56 Å². The van der Waals surface area contributed by atoms with Crippen LogP contribution in [0.3, 0.4) is 0 Å². The Labute approximate surface area is 69.4 Å². The molecule has 66 valence electrons. The predicted octanol–water partition coefficient (Wildman–Crippen LogP) is 1.22. The third-order valence-corrected chi connectivity index (χ3v) is 1.51. The minimum absolute atomic E-state index is 0.313. The van der Waals surface area contributed by atoms with E-state index in [9.17, 15) is 8.78 Å². The first-order valence-electron chi connectivity index (χ1n) is 3.61. The predicted molar refractivity (Wildman–Crippen MR) is 41.9 cm³/mol. The Bertz CT molecular complexity index is 236. The molecular formula is C8H10F2N2.